The van der Waals surface area contributed by atoms with Gasteiger partial charge in [-0.15, -0.1) is 0 Å². The van der Waals surface area contributed by atoms with Crippen LogP contribution in [0.15, 0.2) is 11.6 Å². The van der Waals surface area contributed by atoms with E-state index in [-0.39, 0.29) is 0 Å². The molecule has 19 heavy (non-hydrogen) atoms. The molecule has 3 rings (SSSR count). The van der Waals surface area contributed by atoms with E-state index in [1.807, 2.05) is 0 Å². The van der Waals surface area contributed by atoms with E-state index in [9.17, 15) is 0 Å². The normalized spacial score (nSPS) is 44.3. The quantitative estimate of drug-likeness (QED) is 0.380. The van der Waals surface area contributed by atoms with E-state index in [0.29, 0.717) is 0 Å². The van der Waals surface area contributed by atoms with E-state index in [2.05, 4.69) is 26.8 Å². The molecule has 3 fully saturated rings. The largest absolute Gasteiger partial charge is 0.0819 e. The third kappa shape index (κ3) is 3.26. The predicted octanol–water partition coefficient (Wildman–Crippen LogP) is 5.83. The molecule has 6 atom stereocenters. The summed E-state index contributed by atoms with van der Waals surface area (Å²) in [4.78, 5) is 0. The fraction of sp³-hybridized carbons (Fsp3) is 0.895. The predicted molar refractivity (Wildman–Crippen MR) is 83.0 cm³/mol. The molecule has 0 aromatic rings. The zero-order valence-corrected chi connectivity index (χ0v) is 13.2. The summed E-state index contributed by atoms with van der Waals surface area (Å²) in [5, 5.41) is 0. The number of unbranched alkanes of at least 4 members (excludes halogenated alkanes) is 2. The van der Waals surface area contributed by atoms with Gasteiger partial charge in [-0.25, -0.2) is 0 Å². The highest BCUT2D eigenvalue weighted by Gasteiger charge is 2.52. The minimum absolute atomic E-state index is 0.985. The summed E-state index contributed by atoms with van der Waals surface area (Å²) in [5.41, 5.74) is 1.75. The average molecular weight is 260 g/mol. The van der Waals surface area contributed by atoms with Crippen molar-refractivity contribution in [3.05, 3.63) is 11.6 Å². The third-order valence-corrected chi connectivity index (χ3v) is 6.11. The number of allylic oxidation sites excluding steroid dienone is 2. The van der Waals surface area contributed by atoms with Crippen molar-refractivity contribution >= 4 is 0 Å². The minimum Gasteiger partial charge on any atom is -0.0819 e. The lowest BCUT2D eigenvalue weighted by molar-refractivity contribution is 0.589. The van der Waals surface area contributed by atoms with Crippen molar-refractivity contribution in [2.24, 2.45) is 35.5 Å². The van der Waals surface area contributed by atoms with Crippen LogP contribution in [0.5, 0.6) is 0 Å². The molecule has 0 heterocycles. The molecule has 0 N–H and O–H groups in total. The Hall–Kier alpha value is -0.260. The van der Waals surface area contributed by atoms with E-state index in [4.69, 9.17) is 0 Å². The van der Waals surface area contributed by atoms with E-state index in [0.717, 1.165) is 35.5 Å². The molecular weight excluding hydrogens is 228 g/mol. The Morgan fingerprint density at radius 1 is 1.00 bits per heavy atom. The van der Waals surface area contributed by atoms with E-state index >= 15 is 0 Å². The van der Waals surface area contributed by atoms with Crippen LogP contribution < -0.4 is 0 Å². The smallest absolute Gasteiger partial charge is 0.0174 e. The fourth-order valence-corrected chi connectivity index (χ4v) is 4.43. The second kappa shape index (κ2) is 5.62. The molecule has 6 unspecified atom stereocenters. The van der Waals surface area contributed by atoms with Gasteiger partial charge in [-0.3, -0.25) is 0 Å². The fourth-order valence-electron chi connectivity index (χ4n) is 4.43. The Kier molecular flexibility index (Phi) is 4.06. The second-order valence-electron chi connectivity index (χ2n) is 7.64. The lowest BCUT2D eigenvalue weighted by Crippen LogP contribution is -1.90. The summed E-state index contributed by atoms with van der Waals surface area (Å²) in [6.07, 6.45) is 14.5. The van der Waals surface area contributed by atoms with Gasteiger partial charge >= 0.3 is 0 Å². The maximum atomic E-state index is 2.68. The van der Waals surface area contributed by atoms with Crippen molar-refractivity contribution in [2.75, 3.05) is 0 Å². The van der Waals surface area contributed by atoms with Crippen molar-refractivity contribution in [3.63, 3.8) is 0 Å². The van der Waals surface area contributed by atoms with Crippen LogP contribution in [-0.2, 0) is 0 Å². The van der Waals surface area contributed by atoms with E-state index < -0.39 is 0 Å². The zero-order valence-electron chi connectivity index (χ0n) is 13.2. The van der Waals surface area contributed by atoms with Gasteiger partial charge in [0.05, 0.1) is 0 Å². The molecule has 3 saturated carbocycles. The van der Waals surface area contributed by atoms with Crippen molar-refractivity contribution in [2.45, 2.75) is 72.1 Å². The van der Waals surface area contributed by atoms with Crippen molar-refractivity contribution in [1.82, 2.24) is 0 Å². The summed E-state index contributed by atoms with van der Waals surface area (Å²) in [5.74, 6) is 6.35. The topological polar surface area (TPSA) is 0 Å². The molecular formula is C19H32. The van der Waals surface area contributed by atoms with Gasteiger partial charge < -0.3 is 0 Å². The first-order chi connectivity index (χ1) is 9.24. The highest BCUT2D eigenvalue weighted by molar-refractivity contribution is 5.19. The molecule has 108 valence electrons. The Morgan fingerprint density at radius 3 is 2.53 bits per heavy atom. The zero-order chi connectivity index (χ0) is 13.4. The molecule has 0 saturated heterocycles. The van der Waals surface area contributed by atoms with Gasteiger partial charge in [0.25, 0.3) is 0 Å². The summed E-state index contributed by atoms with van der Waals surface area (Å²) in [7, 11) is 0. The molecule has 3 aliphatic carbocycles. The van der Waals surface area contributed by atoms with Crippen LogP contribution in [0.1, 0.15) is 72.1 Å². The van der Waals surface area contributed by atoms with Crippen LogP contribution in [0.25, 0.3) is 0 Å². The van der Waals surface area contributed by atoms with Gasteiger partial charge in [0.15, 0.2) is 0 Å². The van der Waals surface area contributed by atoms with Crippen molar-refractivity contribution in [3.8, 4) is 0 Å². The van der Waals surface area contributed by atoms with Crippen molar-refractivity contribution < 1.29 is 0 Å². The lowest BCUT2D eigenvalue weighted by Gasteiger charge is -2.01. The average Bonchev–Trinajstić information content (AvgIpc) is 3.22. The first kappa shape index (κ1) is 13.7. The summed E-state index contributed by atoms with van der Waals surface area (Å²) in [6.45, 7) is 7.10. The summed E-state index contributed by atoms with van der Waals surface area (Å²) < 4.78 is 0. The molecule has 0 aliphatic heterocycles. The maximum absolute atomic E-state index is 2.68. The Balaban J connectivity index is 1.38. The number of hydrogen-bond donors (Lipinski definition) is 0. The van der Waals surface area contributed by atoms with Gasteiger partial charge in [0, 0.05) is 0 Å². The SMILES string of the molecule is CCCCCC1CC1C(C)=CC1CC1C1CC1CC. The van der Waals surface area contributed by atoms with E-state index in [1.165, 1.54) is 44.9 Å². The molecule has 0 spiro atoms. The molecule has 0 nitrogen and oxygen atoms in total. The van der Waals surface area contributed by atoms with Gasteiger partial charge in [0.1, 0.15) is 0 Å². The van der Waals surface area contributed by atoms with E-state index in [1.54, 1.807) is 12.0 Å². The van der Waals surface area contributed by atoms with Gasteiger partial charge in [-0.1, -0.05) is 51.2 Å². The molecule has 3 aliphatic rings. The van der Waals surface area contributed by atoms with Gasteiger partial charge in [-0.2, -0.15) is 0 Å². The first-order valence-corrected chi connectivity index (χ1v) is 8.92. The molecule has 0 radical (unpaired) electrons. The van der Waals surface area contributed by atoms with Crippen LogP contribution in [0.2, 0.25) is 0 Å². The number of rotatable bonds is 8. The lowest BCUT2D eigenvalue weighted by atomic mass is 10.0. The maximum Gasteiger partial charge on any atom is -0.0174 e. The first-order valence-electron chi connectivity index (χ1n) is 8.92. The van der Waals surface area contributed by atoms with Crippen LogP contribution >= 0.6 is 0 Å². The Bertz CT molecular complexity index is 340. The Labute approximate surface area is 120 Å². The second-order valence-corrected chi connectivity index (χ2v) is 7.64. The van der Waals surface area contributed by atoms with Crippen LogP contribution in [0.3, 0.4) is 0 Å². The summed E-state index contributed by atoms with van der Waals surface area (Å²) in [6, 6.07) is 0. The van der Waals surface area contributed by atoms with Crippen molar-refractivity contribution in [1.29, 1.82) is 0 Å². The van der Waals surface area contributed by atoms with Gasteiger partial charge in [0.2, 0.25) is 0 Å². The molecule has 0 heteroatoms. The Morgan fingerprint density at radius 2 is 1.84 bits per heavy atom. The highest BCUT2D eigenvalue weighted by atomic mass is 14.6. The van der Waals surface area contributed by atoms with Crippen LogP contribution in [0, 0.1) is 35.5 Å². The molecule has 0 aromatic heterocycles. The summed E-state index contributed by atoms with van der Waals surface area (Å²) >= 11 is 0. The minimum atomic E-state index is 0.985. The third-order valence-electron chi connectivity index (χ3n) is 6.11. The van der Waals surface area contributed by atoms with Crippen LogP contribution in [0.4, 0.5) is 0 Å². The monoisotopic (exact) mass is 260 g/mol. The van der Waals surface area contributed by atoms with Gasteiger partial charge in [-0.05, 0) is 68.1 Å². The number of hydrogen-bond acceptors (Lipinski definition) is 0. The molecule has 0 amide bonds. The highest BCUT2D eigenvalue weighted by Crippen LogP contribution is 2.60. The standard InChI is InChI=1S/C19H32/c1-4-6-7-8-15-11-17(15)13(3)9-16-12-19(16)18-10-14(18)5-2/h9,14-19H,4-8,10-12H2,1-3H3. The van der Waals surface area contributed by atoms with Crippen LogP contribution in [-0.4, -0.2) is 0 Å². The molecule has 0 bridgehead atoms. The molecule has 0 aromatic carbocycles.